The van der Waals surface area contributed by atoms with Gasteiger partial charge in [-0.3, -0.25) is 4.68 Å². The number of imidazole rings is 1. The summed E-state index contributed by atoms with van der Waals surface area (Å²) in [6, 6.07) is 3.89. The smallest absolute Gasteiger partial charge is 0.232 e. The van der Waals surface area contributed by atoms with E-state index < -0.39 is 0 Å². The molecule has 0 saturated heterocycles. The van der Waals surface area contributed by atoms with E-state index in [4.69, 9.17) is 5.73 Å². The van der Waals surface area contributed by atoms with E-state index in [2.05, 4.69) is 30.4 Å². The minimum absolute atomic E-state index is 0.147. The van der Waals surface area contributed by atoms with Gasteiger partial charge in [-0.2, -0.15) is 20.1 Å². The first kappa shape index (κ1) is 14.1. The Bertz CT molecular complexity index is 1030. The molecule has 0 aliphatic carbocycles. The van der Waals surface area contributed by atoms with E-state index in [1.807, 2.05) is 49.1 Å². The third-order valence-corrected chi connectivity index (χ3v) is 3.58. The van der Waals surface area contributed by atoms with E-state index in [0.29, 0.717) is 11.8 Å². The molecule has 0 atom stereocenters. The first-order chi connectivity index (χ1) is 11.6. The quantitative estimate of drug-likeness (QED) is 0.589. The Morgan fingerprint density at radius 1 is 1.08 bits per heavy atom. The van der Waals surface area contributed by atoms with Gasteiger partial charge in [0.1, 0.15) is 5.82 Å². The lowest BCUT2D eigenvalue weighted by Gasteiger charge is -2.07. The summed E-state index contributed by atoms with van der Waals surface area (Å²) in [5.41, 5.74) is 8.44. The van der Waals surface area contributed by atoms with Crippen molar-refractivity contribution in [1.82, 2.24) is 34.1 Å². The number of nitrogen functional groups attached to an aromatic ring is 1. The Balaban J connectivity index is 1.75. The highest BCUT2D eigenvalue weighted by atomic mass is 15.3. The van der Waals surface area contributed by atoms with E-state index in [9.17, 15) is 0 Å². The van der Waals surface area contributed by atoms with Gasteiger partial charge in [-0.25, -0.2) is 4.98 Å². The number of anilines is 3. The first-order valence-electron chi connectivity index (χ1n) is 7.30. The molecule has 0 fully saturated rings. The van der Waals surface area contributed by atoms with E-state index >= 15 is 0 Å². The molecule has 4 rings (SSSR count). The van der Waals surface area contributed by atoms with Crippen LogP contribution < -0.4 is 11.1 Å². The van der Waals surface area contributed by atoms with Gasteiger partial charge in [0, 0.05) is 25.0 Å². The molecular formula is C15H15N9. The standard InChI is InChI=1S/C15H15N9/c1-9-17-6-12-4-3-10(7-24(9)12)13-20-14(16)22-15(21-13)19-11-5-18-23(2)8-11/h3-8H,1-2H3,(H3,16,19,20,21,22). The fourth-order valence-electron chi connectivity index (χ4n) is 2.44. The summed E-state index contributed by atoms with van der Waals surface area (Å²) in [7, 11) is 1.83. The molecule has 0 saturated carbocycles. The van der Waals surface area contributed by atoms with Crippen molar-refractivity contribution in [2.45, 2.75) is 6.92 Å². The zero-order chi connectivity index (χ0) is 16.7. The lowest BCUT2D eigenvalue weighted by Crippen LogP contribution is -2.05. The number of rotatable bonds is 3. The van der Waals surface area contributed by atoms with Gasteiger partial charge < -0.3 is 15.5 Å². The van der Waals surface area contributed by atoms with Crippen LogP contribution in [0.5, 0.6) is 0 Å². The molecule has 0 aromatic carbocycles. The van der Waals surface area contributed by atoms with Crippen molar-refractivity contribution in [3.05, 3.63) is 42.7 Å². The van der Waals surface area contributed by atoms with Gasteiger partial charge in [0.15, 0.2) is 5.82 Å². The Kier molecular flexibility index (Phi) is 3.12. The Labute approximate surface area is 137 Å². The summed E-state index contributed by atoms with van der Waals surface area (Å²) in [5.74, 6) is 1.90. The van der Waals surface area contributed by atoms with Crippen LogP contribution in [0, 0.1) is 6.92 Å². The number of hydrogen-bond donors (Lipinski definition) is 2. The summed E-state index contributed by atoms with van der Waals surface area (Å²) in [6.45, 7) is 1.94. The van der Waals surface area contributed by atoms with Crippen molar-refractivity contribution in [2.75, 3.05) is 11.1 Å². The van der Waals surface area contributed by atoms with Crippen LogP contribution in [0.4, 0.5) is 17.6 Å². The second kappa shape index (κ2) is 5.30. The molecule has 4 heterocycles. The van der Waals surface area contributed by atoms with Crippen LogP contribution in [0.2, 0.25) is 0 Å². The van der Waals surface area contributed by atoms with E-state index in [0.717, 1.165) is 22.6 Å². The maximum absolute atomic E-state index is 5.84. The summed E-state index contributed by atoms with van der Waals surface area (Å²) < 4.78 is 3.66. The van der Waals surface area contributed by atoms with Crippen molar-refractivity contribution >= 4 is 23.1 Å². The summed E-state index contributed by atoms with van der Waals surface area (Å²) in [5, 5.41) is 7.17. The normalized spacial score (nSPS) is 11.1. The topological polar surface area (TPSA) is 112 Å². The maximum atomic E-state index is 5.84. The second-order valence-corrected chi connectivity index (χ2v) is 5.39. The molecule has 0 unspecified atom stereocenters. The lowest BCUT2D eigenvalue weighted by atomic mass is 10.2. The summed E-state index contributed by atoms with van der Waals surface area (Å²) in [4.78, 5) is 17.1. The third-order valence-electron chi connectivity index (χ3n) is 3.58. The van der Waals surface area contributed by atoms with Crippen LogP contribution in [0.15, 0.2) is 36.9 Å². The monoisotopic (exact) mass is 321 g/mol. The van der Waals surface area contributed by atoms with Gasteiger partial charge in [-0.05, 0) is 19.1 Å². The third kappa shape index (κ3) is 2.51. The average Bonchev–Trinajstić information content (AvgIpc) is 3.13. The molecule has 4 aromatic rings. The molecule has 9 nitrogen and oxygen atoms in total. The molecule has 0 spiro atoms. The van der Waals surface area contributed by atoms with Crippen molar-refractivity contribution in [1.29, 1.82) is 0 Å². The van der Waals surface area contributed by atoms with Gasteiger partial charge in [-0.1, -0.05) is 0 Å². The summed E-state index contributed by atoms with van der Waals surface area (Å²) >= 11 is 0. The van der Waals surface area contributed by atoms with Crippen molar-refractivity contribution in [2.24, 2.45) is 7.05 Å². The minimum Gasteiger partial charge on any atom is -0.368 e. The van der Waals surface area contributed by atoms with Crippen molar-refractivity contribution < 1.29 is 0 Å². The Morgan fingerprint density at radius 3 is 2.75 bits per heavy atom. The zero-order valence-corrected chi connectivity index (χ0v) is 13.2. The molecule has 3 N–H and O–H groups in total. The van der Waals surface area contributed by atoms with Crippen LogP contribution >= 0.6 is 0 Å². The van der Waals surface area contributed by atoms with E-state index in [-0.39, 0.29) is 5.95 Å². The average molecular weight is 321 g/mol. The number of fused-ring (bicyclic) bond motifs is 1. The van der Waals surface area contributed by atoms with Gasteiger partial charge in [0.25, 0.3) is 0 Å². The van der Waals surface area contributed by atoms with E-state index in [1.54, 1.807) is 10.9 Å². The molecule has 9 heteroatoms. The predicted octanol–water partition coefficient (Wildman–Crippen LogP) is 1.55. The molecule has 0 aliphatic heterocycles. The molecule has 24 heavy (non-hydrogen) atoms. The zero-order valence-electron chi connectivity index (χ0n) is 13.2. The highest BCUT2D eigenvalue weighted by Crippen LogP contribution is 2.20. The van der Waals surface area contributed by atoms with Crippen LogP contribution in [-0.2, 0) is 7.05 Å². The molecule has 120 valence electrons. The van der Waals surface area contributed by atoms with Gasteiger partial charge in [0.05, 0.1) is 23.6 Å². The van der Waals surface area contributed by atoms with Crippen LogP contribution in [0.1, 0.15) is 5.82 Å². The fourth-order valence-corrected chi connectivity index (χ4v) is 2.44. The number of nitrogens with one attached hydrogen (secondary N) is 1. The van der Waals surface area contributed by atoms with Crippen LogP contribution in [0.25, 0.3) is 16.9 Å². The first-order valence-corrected chi connectivity index (χ1v) is 7.30. The molecule has 0 radical (unpaired) electrons. The second-order valence-electron chi connectivity index (χ2n) is 5.39. The molecular weight excluding hydrogens is 306 g/mol. The van der Waals surface area contributed by atoms with E-state index in [1.165, 1.54) is 0 Å². The van der Waals surface area contributed by atoms with Gasteiger partial charge in [0.2, 0.25) is 11.9 Å². The number of aryl methyl sites for hydroxylation is 2. The van der Waals surface area contributed by atoms with Gasteiger partial charge >= 0.3 is 0 Å². The number of nitrogens with zero attached hydrogens (tertiary/aromatic N) is 7. The Morgan fingerprint density at radius 2 is 1.96 bits per heavy atom. The number of hydrogen-bond acceptors (Lipinski definition) is 7. The Hall–Kier alpha value is -3.49. The largest absolute Gasteiger partial charge is 0.368 e. The molecule has 0 aliphatic rings. The van der Waals surface area contributed by atoms with Crippen molar-refractivity contribution in [3.63, 3.8) is 0 Å². The molecule has 4 aromatic heterocycles. The maximum Gasteiger partial charge on any atom is 0.232 e. The SMILES string of the molecule is Cc1ncc2ccc(-c3nc(N)nc(Nc4cnn(C)c4)n3)cn12. The van der Waals surface area contributed by atoms with Crippen LogP contribution in [0.3, 0.4) is 0 Å². The molecule has 0 bridgehead atoms. The number of pyridine rings is 1. The highest BCUT2D eigenvalue weighted by molar-refractivity contribution is 5.62. The van der Waals surface area contributed by atoms with Crippen molar-refractivity contribution in [3.8, 4) is 11.4 Å². The summed E-state index contributed by atoms with van der Waals surface area (Å²) in [6.07, 6.45) is 7.25. The number of nitrogens with two attached hydrogens (primary N) is 1. The van der Waals surface area contributed by atoms with Gasteiger partial charge in [-0.15, -0.1) is 0 Å². The van der Waals surface area contributed by atoms with Crippen LogP contribution in [-0.4, -0.2) is 34.1 Å². The molecule has 0 amide bonds. The highest BCUT2D eigenvalue weighted by Gasteiger charge is 2.09. The predicted molar refractivity (Wildman–Crippen MR) is 89.7 cm³/mol. The number of aromatic nitrogens is 7. The minimum atomic E-state index is 0.147. The lowest BCUT2D eigenvalue weighted by molar-refractivity contribution is 0.768. The fraction of sp³-hybridized carbons (Fsp3) is 0.133.